The number of primary amides is 1. The number of nitrogens with one attached hydrogen (secondary N) is 1. The second-order valence-electron chi connectivity index (χ2n) is 7.52. The molecule has 0 bridgehead atoms. The first-order chi connectivity index (χ1) is 16.8. The molecular weight excluding hydrogens is 466 g/mol. The maximum absolute atomic E-state index is 12.8. The summed E-state index contributed by atoms with van der Waals surface area (Å²) in [6, 6.07) is 26.4. The van der Waals surface area contributed by atoms with Crippen molar-refractivity contribution >= 4 is 40.1 Å². The molecule has 0 aliphatic heterocycles. The van der Waals surface area contributed by atoms with Crippen LogP contribution in [0.5, 0.6) is 5.75 Å². The lowest BCUT2D eigenvalue weighted by molar-refractivity contribution is 0.0997. The maximum atomic E-state index is 12.8. The Morgan fingerprint density at radius 2 is 1.43 bits per heavy atom. The fourth-order valence-corrected chi connectivity index (χ4v) is 4.08. The highest BCUT2D eigenvalue weighted by atomic mass is 32.2. The van der Waals surface area contributed by atoms with Crippen LogP contribution < -0.4 is 15.4 Å². The highest BCUT2D eigenvalue weighted by Gasteiger charge is 2.17. The molecule has 4 N–H and O–H groups in total. The van der Waals surface area contributed by atoms with Crippen molar-refractivity contribution in [2.45, 2.75) is 0 Å². The van der Waals surface area contributed by atoms with E-state index in [4.69, 9.17) is 5.73 Å². The zero-order chi connectivity index (χ0) is 24.9. The van der Waals surface area contributed by atoms with E-state index in [1.807, 2.05) is 42.5 Å². The van der Waals surface area contributed by atoms with Gasteiger partial charge in [-0.2, -0.15) is 0 Å². The van der Waals surface area contributed by atoms with E-state index in [1.165, 1.54) is 42.5 Å². The van der Waals surface area contributed by atoms with Crippen molar-refractivity contribution in [1.82, 2.24) is 0 Å². The van der Waals surface area contributed by atoms with Gasteiger partial charge in [-0.25, -0.2) is 0 Å². The van der Waals surface area contributed by atoms with Gasteiger partial charge in [0.2, 0.25) is 5.91 Å². The third-order valence-corrected chi connectivity index (χ3v) is 5.95. The number of phenols is 1. The minimum atomic E-state index is -2.82. The number of hydrogen-bond donors (Lipinski definition) is 3. The van der Waals surface area contributed by atoms with Gasteiger partial charge in [0, 0.05) is 16.8 Å². The number of phenolic OH excluding ortho intramolecular Hbond substituents is 1. The van der Waals surface area contributed by atoms with Gasteiger partial charge < -0.3 is 20.7 Å². The monoisotopic (exact) mass is 486 g/mol. The lowest BCUT2D eigenvalue weighted by Crippen LogP contribution is -2.20. The topological polar surface area (TPSA) is 136 Å². The predicted octanol–water partition coefficient (Wildman–Crippen LogP) is 4.34. The first-order valence-corrected chi connectivity index (χ1v) is 11.5. The normalized spacial score (nSPS) is 11.5. The maximum Gasteiger partial charge on any atom is 0.255 e. The molecule has 0 saturated carbocycles. The van der Waals surface area contributed by atoms with Crippen molar-refractivity contribution in [1.29, 1.82) is 0 Å². The number of hydrogen-bond acceptors (Lipinski definition) is 5. The molecule has 9 heteroatoms. The standard InChI is InChI=1S/C26H21N3O5S/c27-25(31)19-10-13-22(14-11-19)29(35(33)34)23-16-21(12-15-24(23)30)28-26(32)20-8-6-18(7-9-20)17-4-2-1-3-5-17/h1-16,30H,(H2,27,31)(H,28,32)(H,33,34)/p-1. The van der Waals surface area contributed by atoms with Gasteiger partial charge in [-0.05, 0) is 65.7 Å². The zero-order valence-electron chi connectivity index (χ0n) is 18.3. The number of carbonyl (C=O) groups is 2. The molecule has 0 aromatic heterocycles. The molecule has 35 heavy (non-hydrogen) atoms. The molecule has 1 atom stereocenters. The predicted molar refractivity (Wildman–Crippen MR) is 134 cm³/mol. The Kier molecular flexibility index (Phi) is 6.91. The molecule has 0 aliphatic rings. The number of nitrogens with zero attached hydrogens (tertiary/aromatic N) is 1. The molecule has 0 aliphatic carbocycles. The van der Waals surface area contributed by atoms with Gasteiger partial charge in [0.15, 0.2) is 0 Å². The molecule has 176 valence electrons. The minimum absolute atomic E-state index is 0.0811. The van der Waals surface area contributed by atoms with E-state index < -0.39 is 23.1 Å². The number of aromatic hydroxyl groups is 1. The SMILES string of the molecule is NC(=O)c1ccc(N(c2cc(NC(=O)c3ccc(-c4ccccc4)cc3)ccc2O)S(=O)[O-])cc1. The highest BCUT2D eigenvalue weighted by molar-refractivity contribution is 7.81. The van der Waals surface area contributed by atoms with Crippen LogP contribution in [0.3, 0.4) is 0 Å². The summed E-state index contributed by atoms with van der Waals surface area (Å²) in [5, 5.41) is 13.1. The van der Waals surface area contributed by atoms with Crippen LogP contribution in [0.4, 0.5) is 17.1 Å². The van der Waals surface area contributed by atoms with Crippen LogP contribution in [0.25, 0.3) is 11.1 Å². The van der Waals surface area contributed by atoms with Gasteiger partial charge in [-0.1, -0.05) is 42.5 Å². The fourth-order valence-electron chi connectivity index (χ4n) is 3.48. The van der Waals surface area contributed by atoms with E-state index in [2.05, 4.69) is 5.32 Å². The Morgan fingerprint density at radius 1 is 0.829 bits per heavy atom. The average Bonchev–Trinajstić information content (AvgIpc) is 2.87. The van der Waals surface area contributed by atoms with E-state index >= 15 is 0 Å². The summed E-state index contributed by atoms with van der Waals surface area (Å²) in [4.78, 5) is 24.1. The molecule has 4 rings (SSSR count). The lowest BCUT2D eigenvalue weighted by Gasteiger charge is -2.27. The number of nitrogens with two attached hydrogens (primary N) is 1. The number of rotatable bonds is 7. The van der Waals surface area contributed by atoms with Crippen molar-refractivity contribution < 1.29 is 23.5 Å². The van der Waals surface area contributed by atoms with E-state index in [0.29, 0.717) is 5.56 Å². The van der Waals surface area contributed by atoms with E-state index in [0.717, 1.165) is 15.4 Å². The van der Waals surface area contributed by atoms with Crippen molar-refractivity contribution in [2.24, 2.45) is 5.73 Å². The van der Waals surface area contributed by atoms with Gasteiger partial charge in [-0.15, -0.1) is 0 Å². The van der Waals surface area contributed by atoms with E-state index in [1.54, 1.807) is 12.1 Å². The summed E-state index contributed by atoms with van der Waals surface area (Å²) in [5.41, 5.74) is 8.19. The second-order valence-corrected chi connectivity index (χ2v) is 8.32. The first kappa shape index (κ1) is 23.7. The molecule has 0 heterocycles. The molecule has 1 unspecified atom stereocenters. The zero-order valence-corrected chi connectivity index (χ0v) is 19.1. The van der Waals surface area contributed by atoms with Crippen LogP contribution in [0.1, 0.15) is 20.7 Å². The third-order valence-electron chi connectivity index (χ3n) is 5.24. The Bertz CT molecular complexity index is 1390. The Morgan fingerprint density at radius 3 is 2.03 bits per heavy atom. The van der Waals surface area contributed by atoms with Crippen molar-refractivity contribution in [3.63, 3.8) is 0 Å². The number of carbonyl (C=O) groups excluding carboxylic acids is 2. The molecule has 0 fully saturated rings. The summed E-state index contributed by atoms with van der Waals surface area (Å²) in [7, 11) is 0. The molecule has 4 aromatic carbocycles. The number of anilines is 3. The summed E-state index contributed by atoms with van der Waals surface area (Å²) >= 11 is -2.82. The molecule has 0 spiro atoms. The molecule has 4 aromatic rings. The highest BCUT2D eigenvalue weighted by Crippen LogP contribution is 2.36. The molecule has 0 radical (unpaired) electrons. The van der Waals surface area contributed by atoms with Gasteiger partial charge in [-0.3, -0.25) is 18.1 Å². The van der Waals surface area contributed by atoms with Gasteiger partial charge in [0.1, 0.15) is 5.75 Å². The van der Waals surface area contributed by atoms with Crippen molar-refractivity contribution in [2.75, 3.05) is 9.62 Å². The fraction of sp³-hybridized carbons (Fsp3) is 0. The quantitative estimate of drug-likeness (QED) is 0.264. The third kappa shape index (κ3) is 5.37. The van der Waals surface area contributed by atoms with Crippen LogP contribution in [-0.4, -0.2) is 25.7 Å². The largest absolute Gasteiger partial charge is 0.755 e. The number of amides is 2. The first-order valence-electron chi connectivity index (χ1n) is 10.4. The lowest BCUT2D eigenvalue weighted by atomic mass is 10.0. The molecular formula is C26H20N3O5S-. The Balaban J connectivity index is 1.58. The Hall–Kier alpha value is -4.47. The summed E-state index contributed by atoms with van der Waals surface area (Å²) < 4.78 is 24.9. The van der Waals surface area contributed by atoms with Crippen LogP contribution in [0.15, 0.2) is 97.1 Å². The van der Waals surface area contributed by atoms with Gasteiger partial charge in [0.05, 0.1) is 22.6 Å². The van der Waals surface area contributed by atoms with Gasteiger partial charge >= 0.3 is 0 Å². The van der Waals surface area contributed by atoms with E-state index in [9.17, 15) is 23.5 Å². The minimum Gasteiger partial charge on any atom is -0.755 e. The van der Waals surface area contributed by atoms with Crippen molar-refractivity contribution in [3.8, 4) is 16.9 Å². The number of benzene rings is 4. The van der Waals surface area contributed by atoms with Crippen molar-refractivity contribution in [3.05, 3.63) is 108 Å². The van der Waals surface area contributed by atoms with E-state index in [-0.39, 0.29) is 28.4 Å². The summed E-state index contributed by atoms with van der Waals surface area (Å²) in [6.45, 7) is 0. The van der Waals surface area contributed by atoms with Crippen LogP contribution in [0, 0.1) is 0 Å². The average molecular weight is 487 g/mol. The van der Waals surface area contributed by atoms with Crippen LogP contribution in [0.2, 0.25) is 0 Å². The molecule has 0 saturated heterocycles. The van der Waals surface area contributed by atoms with Crippen LogP contribution >= 0.6 is 0 Å². The second kappa shape index (κ2) is 10.2. The Labute approximate surface area is 204 Å². The molecule has 2 amide bonds. The summed E-state index contributed by atoms with van der Waals surface area (Å²) in [5.74, 6) is -1.38. The van der Waals surface area contributed by atoms with Gasteiger partial charge in [0.25, 0.3) is 5.91 Å². The summed E-state index contributed by atoms with van der Waals surface area (Å²) in [6.07, 6.45) is 0. The van der Waals surface area contributed by atoms with Crippen LogP contribution in [-0.2, 0) is 11.3 Å². The molecule has 8 nitrogen and oxygen atoms in total. The smallest absolute Gasteiger partial charge is 0.255 e.